The van der Waals surface area contributed by atoms with Gasteiger partial charge in [0.1, 0.15) is 12.3 Å². The summed E-state index contributed by atoms with van der Waals surface area (Å²) >= 11 is 12.4. The lowest BCUT2D eigenvalue weighted by Crippen LogP contribution is -2.57. The molecule has 1 aromatic rings. The van der Waals surface area contributed by atoms with Gasteiger partial charge in [-0.1, -0.05) is 23.2 Å². The van der Waals surface area contributed by atoms with E-state index in [1.807, 2.05) is 13.8 Å². The zero-order chi connectivity index (χ0) is 19.0. The molecule has 26 heavy (non-hydrogen) atoms. The summed E-state index contributed by atoms with van der Waals surface area (Å²) in [6, 6.07) is 2.91. The number of phenols is 1. The van der Waals surface area contributed by atoms with Crippen LogP contribution in [0.3, 0.4) is 0 Å². The van der Waals surface area contributed by atoms with Crippen LogP contribution in [0.1, 0.15) is 31.7 Å². The second-order valence-corrected chi connectivity index (χ2v) is 7.55. The molecule has 2 aliphatic heterocycles. The van der Waals surface area contributed by atoms with Crippen molar-refractivity contribution in [3.05, 3.63) is 27.7 Å². The van der Waals surface area contributed by atoms with Gasteiger partial charge >= 0.3 is 6.03 Å². The van der Waals surface area contributed by atoms with Crippen LogP contribution in [-0.4, -0.2) is 70.5 Å². The molecular formula is C18H23Cl2N3O3. The number of nitrogens with zero attached hydrogens (tertiary/aromatic N) is 3. The summed E-state index contributed by atoms with van der Waals surface area (Å²) in [5.41, 5.74) is 0.586. The van der Waals surface area contributed by atoms with E-state index in [2.05, 4.69) is 0 Å². The lowest BCUT2D eigenvalue weighted by atomic mass is 9.95. The predicted molar refractivity (Wildman–Crippen MR) is 101 cm³/mol. The number of rotatable bonds is 3. The Morgan fingerprint density at radius 1 is 1.27 bits per heavy atom. The Hall–Kier alpha value is -1.66. The van der Waals surface area contributed by atoms with Crippen LogP contribution >= 0.6 is 23.2 Å². The Morgan fingerprint density at radius 3 is 2.62 bits per heavy atom. The maximum absolute atomic E-state index is 12.6. The van der Waals surface area contributed by atoms with E-state index in [9.17, 15) is 14.7 Å². The lowest BCUT2D eigenvalue weighted by Gasteiger charge is -2.38. The van der Waals surface area contributed by atoms with Crippen molar-refractivity contribution in [1.29, 1.82) is 0 Å². The molecule has 0 aromatic heterocycles. The topological polar surface area (TPSA) is 64.1 Å². The molecule has 1 N–H and O–H groups in total. The molecule has 0 spiro atoms. The van der Waals surface area contributed by atoms with Gasteiger partial charge in [0.25, 0.3) is 0 Å². The molecule has 8 heteroatoms. The fraction of sp³-hybridized carbons (Fsp3) is 0.556. The zero-order valence-electron chi connectivity index (χ0n) is 14.9. The molecule has 2 aliphatic rings. The number of hydrogen-bond donors (Lipinski definition) is 1. The molecule has 2 atom stereocenters. The summed E-state index contributed by atoms with van der Waals surface area (Å²) in [6.45, 7) is 6.14. The normalized spacial score (nSPS) is 22.5. The van der Waals surface area contributed by atoms with E-state index in [0.29, 0.717) is 48.2 Å². The Balaban J connectivity index is 1.80. The first kappa shape index (κ1) is 19.1. The first-order chi connectivity index (χ1) is 12.4. The van der Waals surface area contributed by atoms with Crippen LogP contribution < -0.4 is 0 Å². The molecule has 2 saturated heterocycles. The summed E-state index contributed by atoms with van der Waals surface area (Å²) in [6.07, 6.45) is 0.640. The van der Waals surface area contributed by atoms with E-state index in [0.717, 1.165) is 0 Å². The van der Waals surface area contributed by atoms with Gasteiger partial charge in [0.2, 0.25) is 5.91 Å². The molecule has 2 fully saturated rings. The third-order valence-electron chi connectivity index (χ3n) is 5.31. The Labute approximate surface area is 163 Å². The summed E-state index contributed by atoms with van der Waals surface area (Å²) in [7, 11) is 0. The van der Waals surface area contributed by atoms with Crippen LogP contribution in [0.25, 0.3) is 0 Å². The van der Waals surface area contributed by atoms with Crippen molar-refractivity contribution >= 4 is 35.1 Å². The molecule has 1 aromatic carbocycles. The van der Waals surface area contributed by atoms with Crippen LogP contribution in [0.5, 0.6) is 5.75 Å². The predicted octanol–water partition coefficient (Wildman–Crippen LogP) is 3.16. The standard InChI is InChI=1S/C18H23Cl2N3O3/c1-3-21(4-2)18(26)22-9-12-7-11(8-23(12)15(25)10-22)16-14(24)6-5-13(19)17(16)20/h5-6,11-12,24H,3-4,7-10H2,1-2H3/t11-,12-/m0/s1. The summed E-state index contributed by atoms with van der Waals surface area (Å²) in [5.74, 6) is -0.0756. The van der Waals surface area contributed by atoms with Gasteiger partial charge in [-0.2, -0.15) is 0 Å². The quantitative estimate of drug-likeness (QED) is 0.848. The van der Waals surface area contributed by atoms with Crippen LogP contribution in [0.2, 0.25) is 10.0 Å². The highest BCUT2D eigenvalue weighted by Crippen LogP contribution is 2.43. The van der Waals surface area contributed by atoms with E-state index >= 15 is 0 Å². The minimum absolute atomic E-state index is 0.0677. The van der Waals surface area contributed by atoms with Gasteiger partial charge in [0.15, 0.2) is 0 Å². The van der Waals surface area contributed by atoms with Gasteiger partial charge in [-0.3, -0.25) is 4.79 Å². The maximum Gasteiger partial charge on any atom is 0.320 e. The molecule has 142 valence electrons. The van der Waals surface area contributed by atoms with Crippen molar-refractivity contribution in [1.82, 2.24) is 14.7 Å². The molecule has 0 radical (unpaired) electrons. The number of urea groups is 1. The van der Waals surface area contributed by atoms with Crippen LogP contribution in [0.15, 0.2) is 12.1 Å². The first-order valence-corrected chi connectivity index (χ1v) is 9.63. The van der Waals surface area contributed by atoms with Gasteiger partial charge < -0.3 is 19.8 Å². The fourth-order valence-corrected chi connectivity index (χ4v) is 4.44. The van der Waals surface area contributed by atoms with E-state index in [4.69, 9.17) is 23.2 Å². The number of halogens is 2. The van der Waals surface area contributed by atoms with Crippen LogP contribution in [0.4, 0.5) is 4.79 Å². The number of carbonyl (C=O) groups is 2. The molecule has 0 bridgehead atoms. The molecule has 3 amide bonds. The zero-order valence-corrected chi connectivity index (χ0v) is 16.4. The number of benzene rings is 1. The number of carbonyl (C=O) groups excluding carboxylic acids is 2. The highest BCUT2D eigenvalue weighted by Gasteiger charge is 2.43. The average Bonchev–Trinajstić information content (AvgIpc) is 3.03. The first-order valence-electron chi connectivity index (χ1n) is 8.87. The van der Waals surface area contributed by atoms with E-state index in [1.165, 1.54) is 6.07 Å². The second kappa shape index (κ2) is 7.53. The molecule has 0 saturated carbocycles. The van der Waals surface area contributed by atoms with Gasteiger partial charge in [-0.25, -0.2) is 4.79 Å². The van der Waals surface area contributed by atoms with E-state index in [1.54, 1.807) is 20.8 Å². The third kappa shape index (κ3) is 3.32. The SMILES string of the molecule is CCN(CC)C(=O)N1CC(=O)N2C[C@@H](c3c(O)ccc(Cl)c3Cl)C[C@H]2C1. The summed E-state index contributed by atoms with van der Waals surface area (Å²) < 4.78 is 0. The number of fused-ring (bicyclic) bond motifs is 1. The Morgan fingerprint density at radius 2 is 1.96 bits per heavy atom. The van der Waals surface area contributed by atoms with Gasteiger partial charge in [0.05, 0.1) is 16.1 Å². The summed E-state index contributed by atoms with van der Waals surface area (Å²) in [4.78, 5) is 30.3. The highest BCUT2D eigenvalue weighted by molar-refractivity contribution is 6.42. The number of aromatic hydroxyl groups is 1. The van der Waals surface area contributed by atoms with Gasteiger partial charge in [-0.05, 0) is 32.4 Å². The van der Waals surface area contributed by atoms with Gasteiger partial charge in [0, 0.05) is 37.7 Å². The molecule has 0 aliphatic carbocycles. The second-order valence-electron chi connectivity index (χ2n) is 6.76. The van der Waals surface area contributed by atoms with E-state index in [-0.39, 0.29) is 36.2 Å². The molecule has 0 unspecified atom stereocenters. The smallest absolute Gasteiger partial charge is 0.320 e. The number of phenolic OH excluding ortho intramolecular Hbond substituents is 1. The van der Waals surface area contributed by atoms with Crippen molar-refractivity contribution in [2.24, 2.45) is 0 Å². The largest absolute Gasteiger partial charge is 0.508 e. The Bertz CT molecular complexity index is 724. The fourth-order valence-electron chi connectivity index (χ4n) is 3.96. The number of piperazine rings is 1. The molecule has 6 nitrogen and oxygen atoms in total. The minimum atomic E-state index is -0.102. The highest BCUT2D eigenvalue weighted by atomic mass is 35.5. The van der Waals surface area contributed by atoms with Crippen LogP contribution in [-0.2, 0) is 4.79 Å². The average molecular weight is 400 g/mol. The van der Waals surface area contributed by atoms with Gasteiger partial charge in [-0.15, -0.1) is 0 Å². The monoisotopic (exact) mass is 399 g/mol. The van der Waals surface area contributed by atoms with E-state index < -0.39 is 0 Å². The summed E-state index contributed by atoms with van der Waals surface area (Å²) in [5, 5.41) is 11.0. The van der Waals surface area contributed by atoms with Crippen LogP contribution in [0, 0.1) is 0 Å². The number of amides is 3. The van der Waals surface area contributed by atoms with Crippen molar-refractivity contribution in [2.45, 2.75) is 32.2 Å². The van der Waals surface area contributed by atoms with Crippen molar-refractivity contribution in [3.63, 3.8) is 0 Å². The molecule has 2 heterocycles. The molecular weight excluding hydrogens is 377 g/mol. The van der Waals surface area contributed by atoms with Crippen molar-refractivity contribution in [3.8, 4) is 5.75 Å². The minimum Gasteiger partial charge on any atom is -0.508 e. The number of hydrogen-bond acceptors (Lipinski definition) is 3. The Kier molecular flexibility index (Phi) is 5.53. The molecule has 3 rings (SSSR count). The van der Waals surface area contributed by atoms with Crippen molar-refractivity contribution < 1.29 is 14.7 Å². The van der Waals surface area contributed by atoms with Crippen molar-refractivity contribution in [2.75, 3.05) is 32.7 Å². The lowest BCUT2D eigenvalue weighted by molar-refractivity contribution is -0.136. The maximum atomic E-state index is 12.6. The third-order valence-corrected chi connectivity index (χ3v) is 6.13.